The Kier molecular flexibility index (Phi) is 2.88. The third-order valence-electron chi connectivity index (χ3n) is 2.17. The van der Waals surface area contributed by atoms with E-state index in [0.29, 0.717) is 10.7 Å². The number of nitrogens with two attached hydrogens (primary N) is 1. The molecule has 16 heavy (non-hydrogen) atoms. The lowest BCUT2D eigenvalue weighted by Crippen LogP contribution is -2.05. The molecule has 1 aromatic heterocycles. The number of nitrogens with zero attached hydrogens (tertiary/aromatic N) is 1. The summed E-state index contributed by atoms with van der Waals surface area (Å²) in [4.78, 5) is 4.20. The molecule has 0 saturated heterocycles. The van der Waals surface area contributed by atoms with Crippen molar-refractivity contribution in [1.82, 2.24) is 4.98 Å². The van der Waals surface area contributed by atoms with E-state index in [4.69, 9.17) is 22.1 Å². The lowest BCUT2D eigenvalue weighted by atomic mass is 10.2. The van der Waals surface area contributed by atoms with Gasteiger partial charge in [0, 0.05) is 5.39 Å². The maximum absolute atomic E-state index is 6.11. The molecule has 2 N–H and O–H groups in total. The highest BCUT2D eigenvalue weighted by Gasteiger charge is 2.06. The van der Waals surface area contributed by atoms with E-state index in [9.17, 15) is 0 Å². The number of hydrogen-bond acceptors (Lipinski definition) is 3. The SMILES string of the molecule is CC(C)Oc1ccc2ncc(N)c(Cl)c2c1. The van der Waals surface area contributed by atoms with Crippen LogP contribution in [0.25, 0.3) is 10.9 Å². The van der Waals surface area contributed by atoms with Crippen LogP contribution in [0.5, 0.6) is 5.75 Å². The van der Waals surface area contributed by atoms with E-state index in [-0.39, 0.29) is 6.10 Å². The number of aromatic nitrogens is 1. The van der Waals surface area contributed by atoms with Gasteiger partial charge in [0.05, 0.1) is 28.5 Å². The fourth-order valence-corrected chi connectivity index (χ4v) is 1.70. The van der Waals surface area contributed by atoms with Crippen LogP contribution in [0.1, 0.15) is 13.8 Å². The molecule has 0 aliphatic carbocycles. The predicted octanol–water partition coefficient (Wildman–Crippen LogP) is 3.26. The largest absolute Gasteiger partial charge is 0.491 e. The lowest BCUT2D eigenvalue weighted by Gasteiger charge is -2.11. The average Bonchev–Trinajstić information content (AvgIpc) is 2.23. The zero-order valence-electron chi connectivity index (χ0n) is 9.20. The van der Waals surface area contributed by atoms with Crippen molar-refractivity contribution in [2.45, 2.75) is 20.0 Å². The number of hydrogen-bond donors (Lipinski definition) is 1. The van der Waals surface area contributed by atoms with Gasteiger partial charge in [-0.25, -0.2) is 0 Å². The van der Waals surface area contributed by atoms with Crippen molar-refractivity contribution in [3.05, 3.63) is 29.4 Å². The molecule has 2 rings (SSSR count). The summed E-state index contributed by atoms with van der Waals surface area (Å²) in [5.41, 5.74) is 7.00. The Morgan fingerprint density at radius 2 is 2.12 bits per heavy atom. The monoisotopic (exact) mass is 236 g/mol. The van der Waals surface area contributed by atoms with Crippen LogP contribution in [-0.4, -0.2) is 11.1 Å². The van der Waals surface area contributed by atoms with Gasteiger partial charge in [-0.1, -0.05) is 11.6 Å². The van der Waals surface area contributed by atoms with Crippen LogP contribution >= 0.6 is 11.6 Å². The quantitative estimate of drug-likeness (QED) is 0.871. The van der Waals surface area contributed by atoms with Crippen molar-refractivity contribution in [2.75, 3.05) is 5.73 Å². The van der Waals surface area contributed by atoms with Gasteiger partial charge in [0.15, 0.2) is 0 Å². The molecule has 0 aliphatic rings. The second-order valence-electron chi connectivity index (χ2n) is 3.87. The molecule has 0 bridgehead atoms. The highest BCUT2D eigenvalue weighted by molar-refractivity contribution is 6.37. The fraction of sp³-hybridized carbons (Fsp3) is 0.250. The van der Waals surface area contributed by atoms with Crippen molar-refractivity contribution >= 4 is 28.2 Å². The number of pyridine rings is 1. The maximum Gasteiger partial charge on any atom is 0.120 e. The minimum Gasteiger partial charge on any atom is -0.491 e. The van der Waals surface area contributed by atoms with Gasteiger partial charge in [-0.15, -0.1) is 0 Å². The maximum atomic E-state index is 6.11. The number of rotatable bonds is 2. The van der Waals surface area contributed by atoms with Gasteiger partial charge in [-0.2, -0.15) is 0 Å². The minimum absolute atomic E-state index is 0.130. The number of benzene rings is 1. The Balaban J connectivity index is 2.55. The molecule has 0 radical (unpaired) electrons. The van der Waals surface area contributed by atoms with E-state index in [2.05, 4.69) is 4.98 Å². The molecule has 3 nitrogen and oxygen atoms in total. The van der Waals surface area contributed by atoms with Gasteiger partial charge < -0.3 is 10.5 Å². The zero-order valence-corrected chi connectivity index (χ0v) is 9.95. The van der Waals surface area contributed by atoms with Crippen LogP contribution in [0.4, 0.5) is 5.69 Å². The van der Waals surface area contributed by atoms with Crippen molar-refractivity contribution in [2.24, 2.45) is 0 Å². The summed E-state index contributed by atoms with van der Waals surface area (Å²) in [7, 11) is 0. The van der Waals surface area contributed by atoms with Gasteiger partial charge >= 0.3 is 0 Å². The summed E-state index contributed by atoms with van der Waals surface area (Å²) in [6.07, 6.45) is 1.69. The number of fused-ring (bicyclic) bond motifs is 1. The van der Waals surface area contributed by atoms with Crippen LogP contribution in [0, 0.1) is 0 Å². The predicted molar refractivity (Wildman–Crippen MR) is 66.9 cm³/mol. The summed E-state index contributed by atoms with van der Waals surface area (Å²) in [5, 5.41) is 1.35. The van der Waals surface area contributed by atoms with Crippen LogP contribution in [0.2, 0.25) is 5.02 Å². The molecule has 84 valence electrons. The molecule has 0 amide bonds. The summed E-state index contributed by atoms with van der Waals surface area (Å²) in [6.45, 7) is 3.95. The molecule has 0 fully saturated rings. The molecule has 1 aromatic carbocycles. The van der Waals surface area contributed by atoms with Crippen LogP contribution in [0.15, 0.2) is 24.4 Å². The van der Waals surface area contributed by atoms with Crippen molar-refractivity contribution in [3.63, 3.8) is 0 Å². The van der Waals surface area contributed by atoms with E-state index in [1.165, 1.54) is 0 Å². The number of anilines is 1. The second-order valence-corrected chi connectivity index (χ2v) is 4.25. The van der Waals surface area contributed by atoms with Gasteiger partial charge in [-0.3, -0.25) is 4.98 Å². The molecule has 0 unspecified atom stereocenters. The number of halogens is 1. The topological polar surface area (TPSA) is 48.1 Å². The fourth-order valence-electron chi connectivity index (χ4n) is 1.50. The molecule has 4 heteroatoms. The third-order valence-corrected chi connectivity index (χ3v) is 2.59. The number of ether oxygens (including phenoxy) is 1. The van der Waals surface area contributed by atoms with Crippen molar-refractivity contribution in [1.29, 1.82) is 0 Å². The van der Waals surface area contributed by atoms with Crippen molar-refractivity contribution < 1.29 is 4.74 Å². The molecular weight excluding hydrogens is 224 g/mol. The van der Waals surface area contributed by atoms with Crippen LogP contribution in [0.3, 0.4) is 0 Å². The second kappa shape index (κ2) is 4.18. The molecule has 0 atom stereocenters. The molecule has 0 spiro atoms. The summed E-state index contributed by atoms with van der Waals surface area (Å²) in [6, 6.07) is 5.61. The zero-order chi connectivity index (χ0) is 11.7. The minimum atomic E-state index is 0.130. The summed E-state index contributed by atoms with van der Waals surface area (Å²) < 4.78 is 5.59. The smallest absolute Gasteiger partial charge is 0.120 e. The van der Waals surface area contributed by atoms with Gasteiger partial charge in [0.25, 0.3) is 0 Å². The first-order valence-corrected chi connectivity index (χ1v) is 5.46. The Morgan fingerprint density at radius 1 is 1.38 bits per heavy atom. The van der Waals surface area contributed by atoms with Gasteiger partial charge in [0.1, 0.15) is 5.75 Å². The normalized spacial score (nSPS) is 11.0. The number of nitrogen functional groups attached to an aromatic ring is 1. The van der Waals surface area contributed by atoms with E-state index in [1.54, 1.807) is 6.20 Å². The third kappa shape index (κ3) is 2.04. The lowest BCUT2D eigenvalue weighted by molar-refractivity contribution is 0.243. The van der Waals surface area contributed by atoms with Gasteiger partial charge in [-0.05, 0) is 32.0 Å². The molecule has 1 heterocycles. The summed E-state index contributed by atoms with van der Waals surface area (Å²) >= 11 is 6.11. The van der Waals surface area contributed by atoms with Crippen molar-refractivity contribution in [3.8, 4) is 5.75 Å². The molecular formula is C12H13ClN2O. The highest BCUT2D eigenvalue weighted by Crippen LogP contribution is 2.30. The van der Waals surface area contributed by atoms with E-state index >= 15 is 0 Å². The Hall–Kier alpha value is -1.48. The summed E-state index contributed by atoms with van der Waals surface area (Å²) in [5.74, 6) is 0.775. The highest BCUT2D eigenvalue weighted by atomic mass is 35.5. The van der Waals surface area contributed by atoms with E-state index in [1.807, 2.05) is 32.0 Å². The standard InChI is InChI=1S/C12H13ClN2O/c1-7(2)16-8-3-4-11-9(5-8)12(13)10(14)6-15-11/h3-7H,14H2,1-2H3. The Labute approximate surface area is 99.2 Å². The first kappa shape index (κ1) is 11.0. The first-order valence-electron chi connectivity index (χ1n) is 5.08. The Morgan fingerprint density at radius 3 is 2.81 bits per heavy atom. The first-order chi connectivity index (χ1) is 7.58. The average molecular weight is 237 g/mol. The Bertz CT molecular complexity index is 526. The molecule has 2 aromatic rings. The molecule has 0 aliphatic heterocycles. The molecule has 0 saturated carbocycles. The van der Waals surface area contributed by atoms with Crippen LogP contribution < -0.4 is 10.5 Å². The van der Waals surface area contributed by atoms with E-state index < -0.39 is 0 Å². The van der Waals surface area contributed by atoms with Gasteiger partial charge in [0.2, 0.25) is 0 Å². The van der Waals surface area contributed by atoms with Crippen LogP contribution in [-0.2, 0) is 0 Å². The van der Waals surface area contributed by atoms with E-state index in [0.717, 1.165) is 16.7 Å².